The quantitative estimate of drug-likeness (QED) is 0.274. The minimum Gasteiger partial charge on any atom is -0.489 e. The normalized spacial score (nSPS) is 14.1. The van der Waals surface area contributed by atoms with E-state index in [1.807, 2.05) is 0 Å². The molecule has 0 spiro atoms. The molecule has 0 fully saturated rings. The number of primary amides is 1. The molecular formula is C28H47NO5. The van der Waals surface area contributed by atoms with Gasteiger partial charge in [0.2, 0.25) is 11.7 Å². The molecule has 0 saturated carbocycles. The Balaban J connectivity index is 2.21. The fraction of sp³-hybridized carbons (Fsp3) is 0.750. The Morgan fingerprint density at radius 2 is 1.68 bits per heavy atom. The largest absolute Gasteiger partial charge is 0.489 e. The fourth-order valence-corrected chi connectivity index (χ4v) is 4.98. The van der Waals surface area contributed by atoms with E-state index in [0.29, 0.717) is 56.5 Å². The molecule has 34 heavy (non-hydrogen) atoms. The Morgan fingerprint density at radius 1 is 0.971 bits per heavy atom. The zero-order valence-electron chi connectivity index (χ0n) is 22.1. The molecule has 1 aromatic carbocycles. The second-order valence-electron chi connectivity index (χ2n) is 10.2. The molecule has 1 atom stereocenters. The molecule has 0 aromatic heterocycles. The van der Waals surface area contributed by atoms with Crippen LogP contribution in [0.25, 0.3) is 0 Å². The first-order chi connectivity index (χ1) is 16.3. The number of methoxy groups -OCH3 is 1. The monoisotopic (exact) mass is 477 g/mol. The van der Waals surface area contributed by atoms with E-state index in [2.05, 4.69) is 39.8 Å². The Bertz CT molecular complexity index is 726. The van der Waals surface area contributed by atoms with E-state index in [9.17, 15) is 4.79 Å². The molecule has 1 heterocycles. The highest BCUT2D eigenvalue weighted by Crippen LogP contribution is 2.45. The molecular weight excluding hydrogens is 430 g/mol. The van der Waals surface area contributed by atoms with Gasteiger partial charge < -0.3 is 24.7 Å². The molecule has 6 heteroatoms. The van der Waals surface area contributed by atoms with Crippen molar-refractivity contribution in [3.63, 3.8) is 0 Å². The summed E-state index contributed by atoms with van der Waals surface area (Å²) >= 11 is 0. The van der Waals surface area contributed by atoms with Crippen LogP contribution in [0, 0.1) is 17.8 Å². The number of unbranched alkanes of at least 4 members (excludes halogenated alkanes) is 3. The maximum Gasteiger partial charge on any atom is 0.217 e. The summed E-state index contributed by atoms with van der Waals surface area (Å²) in [6.45, 7) is 11.7. The minimum absolute atomic E-state index is 0.205. The molecule has 0 aliphatic carbocycles. The van der Waals surface area contributed by atoms with Gasteiger partial charge in [0, 0.05) is 26.6 Å². The Hall–Kier alpha value is -1.95. The summed E-state index contributed by atoms with van der Waals surface area (Å²) < 4.78 is 23.2. The predicted octanol–water partition coefficient (Wildman–Crippen LogP) is 6.10. The summed E-state index contributed by atoms with van der Waals surface area (Å²) in [5.74, 6) is 4.40. The Morgan fingerprint density at radius 3 is 2.35 bits per heavy atom. The van der Waals surface area contributed by atoms with Gasteiger partial charge in [-0.3, -0.25) is 4.79 Å². The van der Waals surface area contributed by atoms with Crippen LogP contribution in [-0.4, -0.2) is 39.4 Å². The number of carbonyl (C=O) groups excluding carboxylic acids is 1. The molecule has 0 unspecified atom stereocenters. The average molecular weight is 478 g/mol. The number of nitrogens with two attached hydrogens (primary N) is 1. The van der Waals surface area contributed by atoms with Crippen LogP contribution in [0.5, 0.6) is 17.2 Å². The van der Waals surface area contributed by atoms with Gasteiger partial charge >= 0.3 is 0 Å². The van der Waals surface area contributed by atoms with Crippen molar-refractivity contribution in [2.45, 2.75) is 85.0 Å². The zero-order chi connectivity index (χ0) is 24.9. The van der Waals surface area contributed by atoms with Gasteiger partial charge in [-0.25, -0.2) is 0 Å². The van der Waals surface area contributed by atoms with Crippen molar-refractivity contribution in [3.8, 4) is 17.2 Å². The Kier molecular flexibility index (Phi) is 12.6. The molecule has 6 nitrogen and oxygen atoms in total. The standard InChI is InChI=1S/C28H47NO5/c1-20(2)24(21(3)4)17-22(11-8-6-7-9-12-27(29)30)23-18-25(32-14-10-13-31-5)28-26(19-23)33-15-16-34-28/h18-22,24H,6-17H2,1-5H3,(H2,29,30)/t22-/m0/s1. The summed E-state index contributed by atoms with van der Waals surface area (Å²) in [5.41, 5.74) is 6.56. The maximum absolute atomic E-state index is 11.0. The number of fused-ring (bicyclic) bond motifs is 1. The van der Waals surface area contributed by atoms with Crippen molar-refractivity contribution in [1.82, 2.24) is 0 Å². The van der Waals surface area contributed by atoms with Crippen molar-refractivity contribution in [2.24, 2.45) is 23.5 Å². The van der Waals surface area contributed by atoms with Crippen molar-refractivity contribution in [2.75, 3.05) is 33.5 Å². The number of amides is 1. The van der Waals surface area contributed by atoms with E-state index < -0.39 is 0 Å². The molecule has 1 amide bonds. The highest BCUT2D eigenvalue weighted by Gasteiger charge is 2.26. The number of hydrogen-bond acceptors (Lipinski definition) is 5. The van der Waals surface area contributed by atoms with E-state index in [1.54, 1.807) is 7.11 Å². The molecule has 2 N–H and O–H groups in total. The highest BCUT2D eigenvalue weighted by molar-refractivity contribution is 5.73. The number of ether oxygens (including phenoxy) is 4. The number of rotatable bonds is 17. The average Bonchev–Trinajstić information content (AvgIpc) is 2.79. The molecule has 1 aliphatic heterocycles. The molecule has 0 radical (unpaired) electrons. The van der Waals surface area contributed by atoms with Crippen LogP contribution in [0.3, 0.4) is 0 Å². The number of benzene rings is 1. The van der Waals surface area contributed by atoms with Gasteiger partial charge in [-0.15, -0.1) is 0 Å². The van der Waals surface area contributed by atoms with Crippen LogP contribution in [0.15, 0.2) is 12.1 Å². The topological polar surface area (TPSA) is 80.0 Å². The molecule has 1 aromatic rings. The van der Waals surface area contributed by atoms with Crippen molar-refractivity contribution >= 4 is 5.91 Å². The minimum atomic E-state index is -0.205. The lowest BCUT2D eigenvalue weighted by molar-refractivity contribution is -0.118. The van der Waals surface area contributed by atoms with Gasteiger partial charge in [-0.05, 0) is 60.6 Å². The molecule has 194 valence electrons. The van der Waals surface area contributed by atoms with Gasteiger partial charge in [0.15, 0.2) is 11.5 Å². The number of hydrogen-bond donors (Lipinski definition) is 1. The first kappa shape index (κ1) is 28.3. The van der Waals surface area contributed by atoms with E-state index in [4.69, 9.17) is 24.7 Å². The van der Waals surface area contributed by atoms with Crippen LogP contribution in [-0.2, 0) is 9.53 Å². The van der Waals surface area contributed by atoms with Gasteiger partial charge in [0.1, 0.15) is 13.2 Å². The van der Waals surface area contributed by atoms with Crippen molar-refractivity contribution in [3.05, 3.63) is 17.7 Å². The van der Waals surface area contributed by atoms with E-state index in [0.717, 1.165) is 62.2 Å². The highest BCUT2D eigenvalue weighted by atomic mass is 16.6. The fourth-order valence-electron chi connectivity index (χ4n) is 4.98. The summed E-state index contributed by atoms with van der Waals surface area (Å²) in [6.07, 6.45) is 7.72. The van der Waals surface area contributed by atoms with E-state index in [-0.39, 0.29) is 5.91 Å². The summed E-state index contributed by atoms with van der Waals surface area (Å²) in [5, 5.41) is 0. The van der Waals surface area contributed by atoms with Gasteiger partial charge in [-0.1, -0.05) is 47.0 Å². The van der Waals surface area contributed by atoms with Crippen LogP contribution in [0.1, 0.15) is 90.5 Å². The third-order valence-corrected chi connectivity index (χ3v) is 6.85. The smallest absolute Gasteiger partial charge is 0.217 e. The zero-order valence-corrected chi connectivity index (χ0v) is 22.1. The second kappa shape index (κ2) is 15.1. The molecule has 0 saturated heterocycles. The Labute approximate surface area is 206 Å². The van der Waals surface area contributed by atoms with Crippen molar-refractivity contribution in [1.29, 1.82) is 0 Å². The SMILES string of the molecule is COCCCOc1cc([C@@H](CCCCCCC(N)=O)CC(C(C)C)C(C)C)cc2c1OCCO2. The lowest BCUT2D eigenvalue weighted by atomic mass is 9.75. The molecule has 2 rings (SSSR count). The maximum atomic E-state index is 11.0. The third-order valence-electron chi connectivity index (χ3n) is 6.85. The van der Waals surface area contributed by atoms with Crippen LogP contribution >= 0.6 is 0 Å². The summed E-state index contributed by atoms with van der Waals surface area (Å²) in [7, 11) is 1.71. The number of carbonyl (C=O) groups is 1. The summed E-state index contributed by atoms with van der Waals surface area (Å²) in [6, 6.07) is 4.35. The molecule has 1 aliphatic rings. The summed E-state index contributed by atoms with van der Waals surface area (Å²) in [4.78, 5) is 11.0. The van der Waals surface area contributed by atoms with Crippen LogP contribution in [0.2, 0.25) is 0 Å². The van der Waals surface area contributed by atoms with Crippen LogP contribution < -0.4 is 19.9 Å². The first-order valence-corrected chi connectivity index (χ1v) is 13.2. The molecule has 0 bridgehead atoms. The second-order valence-corrected chi connectivity index (χ2v) is 10.2. The predicted molar refractivity (Wildman–Crippen MR) is 137 cm³/mol. The van der Waals surface area contributed by atoms with Gasteiger partial charge in [0.25, 0.3) is 0 Å². The lowest BCUT2D eigenvalue weighted by Gasteiger charge is -2.31. The van der Waals surface area contributed by atoms with Crippen LogP contribution in [0.4, 0.5) is 0 Å². The van der Waals surface area contributed by atoms with E-state index in [1.165, 1.54) is 5.56 Å². The van der Waals surface area contributed by atoms with Gasteiger partial charge in [0.05, 0.1) is 6.61 Å². The van der Waals surface area contributed by atoms with Gasteiger partial charge in [-0.2, -0.15) is 0 Å². The van der Waals surface area contributed by atoms with E-state index >= 15 is 0 Å². The van der Waals surface area contributed by atoms with Crippen molar-refractivity contribution < 1.29 is 23.7 Å². The first-order valence-electron chi connectivity index (χ1n) is 13.2. The lowest BCUT2D eigenvalue weighted by Crippen LogP contribution is -2.20. The third kappa shape index (κ3) is 9.36.